The number of amides is 1. The highest BCUT2D eigenvalue weighted by Crippen LogP contribution is 2.11. The van der Waals surface area contributed by atoms with Gasteiger partial charge in [0.25, 0.3) is 5.91 Å². The minimum absolute atomic E-state index is 0. The van der Waals surface area contributed by atoms with E-state index in [1.807, 2.05) is 16.9 Å². The number of hydrogen-bond donors (Lipinski definition) is 3. The topological polar surface area (TPSA) is 92.6 Å². The van der Waals surface area contributed by atoms with E-state index in [1.54, 1.807) is 44.6 Å². The second kappa shape index (κ2) is 13.4. The van der Waals surface area contributed by atoms with E-state index in [0.717, 1.165) is 24.4 Å². The normalized spacial score (nSPS) is 10.8. The third kappa shape index (κ3) is 7.56. The maximum absolute atomic E-state index is 12.2. The number of carbonyl (C=O) groups is 1. The van der Waals surface area contributed by atoms with Gasteiger partial charge in [0.1, 0.15) is 5.75 Å². The number of carbonyl (C=O) groups excluding carboxylic acids is 1. The van der Waals surface area contributed by atoms with Gasteiger partial charge in [-0.25, -0.2) is 4.68 Å². The van der Waals surface area contributed by atoms with Crippen molar-refractivity contribution in [2.45, 2.75) is 6.42 Å². The molecule has 0 spiro atoms. The van der Waals surface area contributed by atoms with Crippen LogP contribution in [0.1, 0.15) is 15.9 Å². The molecule has 0 saturated heterocycles. The molecule has 0 atom stereocenters. The second-order valence-electron chi connectivity index (χ2n) is 6.78. The summed E-state index contributed by atoms with van der Waals surface area (Å²) in [5.41, 5.74) is 2.86. The van der Waals surface area contributed by atoms with Crippen molar-refractivity contribution in [1.82, 2.24) is 25.7 Å². The lowest BCUT2D eigenvalue weighted by atomic mass is 10.1. The van der Waals surface area contributed by atoms with Gasteiger partial charge in [0.05, 0.1) is 12.8 Å². The van der Waals surface area contributed by atoms with Gasteiger partial charge in [0.15, 0.2) is 5.96 Å². The smallest absolute Gasteiger partial charge is 0.251 e. The van der Waals surface area contributed by atoms with Crippen molar-refractivity contribution in [2.75, 3.05) is 33.8 Å². The maximum atomic E-state index is 12.2. The van der Waals surface area contributed by atoms with Gasteiger partial charge in [0.2, 0.25) is 0 Å². The number of nitrogens with one attached hydrogen (secondary N) is 3. The van der Waals surface area contributed by atoms with Crippen molar-refractivity contribution < 1.29 is 9.53 Å². The molecule has 32 heavy (non-hydrogen) atoms. The molecular weight excluding hydrogens is 519 g/mol. The average Bonchev–Trinajstić information content (AvgIpc) is 3.36. The van der Waals surface area contributed by atoms with Crippen molar-refractivity contribution in [1.29, 1.82) is 0 Å². The average molecular weight is 548 g/mol. The van der Waals surface area contributed by atoms with Gasteiger partial charge in [-0.1, -0.05) is 12.1 Å². The maximum Gasteiger partial charge on any atom is 0.251 e. The number of ether oxygens (including phenoxy) is 1. The Hall–Kier alpha value is -3.08. The van der Waals surface area contributed by atoms with Crippen LogP contribution in [-0.2, 0) is 6.42 Å². The molecule has 0 saturated carbocycles. The van der Waals surface area contributed by atoms with Crippen LogP contribution in [0, 0.1) is 0 Å². The standard InChI is InChI=1S/C23H28N6O2.HI/c1-24-23(27-16-15-25-22(30)19-6-10-21(31-2)11-7-19)26-14-12-18-4-8-20(9-5-18)29-17-3-13-28-29;/h3-11,13,17H,12,14-16H2,1-2H3,(H,25,30)(H2,24,26,27);1H. The zero-order valence-electron chi connectivity index (χ0n) is 18.2. The van der Waals surface area contributed by atoms with Crippen LogP contribution in [0.4, 0.5) is 0 Å². The summed E-state index contributed by atoms with van der Waals surface area (Å²) in [6, 6.07) is 17.2. The zero-order chi connectivity index (χ0) is 21.9. The molecule has 0 aliphatic heterocycles. The lowest BCUT2D eigenvalue weighted by molar-refractivity contribution is 0.0954. The van der Waals surface area contributed by atoms with E-state index < -0.39 is 0 Å². The Balaban J connectivity index is 0.00000363. The zero-order valence-corrected chi connectivity index (χ0v) is 20.6. The van der Waals surface area contributed by atoms with E-state index in [4.69, 9.17) is 4.74 Å². The largest absolute Gasteiger partial charge is 0.497 e. The number of benzene rings is 2. The van der Waals surface area contributed by atoms with Gasteiger partial charge >= 0.3 is 0 Å². The molecule has 8 nitrogen and oxygen atoms in total. The number of rotatable bonds is 9. The highest BCUT2D eigenvalue weighted by molar-refractivity contribution is 14.0. The Bertz CT molecular complexity index is 973. The van der Waals surface area contributed by atoms with E-state index in [2.05, 4.69) is 50.3 Å². The molecule has 3 rings (SSSR count). The van der Waals surface area contributed by atoms with Gasteiger partial charge in [-0.05, 0) is 54.4 Å². The molecule has 0 aliphatic rings. The summed E-state index contributed by atoms with van der Waals surface area (Å²) in [5, 5.41) is 13.6. The van der Waals surface area contributed by atoms with Crippen molar-refractivity contribution >= 4 is 35.8 Å². The van der Waals surface area contributed by atoms with E-state index in [9.17, 15) is 4.79 Å². The van der Waals surface area contributed by atoms with Gasteiger partial charge in [0, 0.05) is 44.6 Å². The summed E-state index contributed by atoms with van der Waals surface area (Å²) >= 11 is 0. The molecule has 9 heteroatoms. The predicted octanol–water partition coefficient (Wildman–Crippen LogP) is 2.64. The summed E-state index contributed by atoms with van der Waals surface area (Å²) in [5.74, 6) is 1.31. The van der Waals surface area contributed by atoms with Crippen LogP contribution < -0.4 is 20.7 Å². The van der Waals surface area contributed by atoms with Crippen LogP contribution in [-0.4, -0.2) is 55.4 Å². The molecule has 170 valence electrons. The molecule has 2 aromatic carbocycles. The first-order valence-corrected chi connectivity index (χ1v) is 10.2. The lowest BCUT2D eigenvalue weighted by Gasteiger charge is -2.12. The predicted molar refractivity (Wildman–Crippen MR) is 137 cm³/mol. The third-order valence-corrected chi connectivity index (χ3v) is 4.69. The minimum atomic E-state index is -0.119. The summed E-state index contributed by atoms with van der Waals surface area (Å²) < 4.78 is 6.94. The molecule has 1 heterocycles. The number of methoxy groups -OCH3 is 1. The van der Waals surface area contributed by atoms with Gasteiger partial charge in [-0.3, -0.25) is 9.79 Å². The molecule has 1 amide bonds. The summed E-state index contributed by atoms with van der Waals surface area (Å²) in [6.45, 7) is 1.81. The summed E-state index contributed by atoms with van der Waals surface area (Å²) in [4.78, 5) is 16.4. The quantitative estimate of drug-likeness (QED) is 0.166. The highest BCUT2D eigenvalue weighted by Gasteiger charge is 2.05. The Morgan fingerprint density at radius 3 is 2.31 bits per heavy atom. The SMILES string of the molecule is CN=C(NCCNC(=O)c1ccc(OC)cc1)NCCc1ccc(-n2cccn2)cc1.I. The Morgan fingerprint density at radius 1 is 1.00 bits per heavy atom. The van der Waals surface area contributed by atoms with E-state index in [-0.39, 0.29) is 29.9 Å². The fourth-order valence-electron chi connectivity index (χ4n) is 2.98. The number of aromatic nitrogens is 2. The molecule has 0 fully saturated rings. The van der Waals surface area contributed by atoms with E-state index in [1.165, 1.54) is 5.56 Å². The third-order valence-electron chi connectivity index (χ3n) is 4.69. The Kier molecular flexibility index (Phi) is 10.5. The van der Waals surface area contributed by atoms with Crippen LogP contribution in [0.25, 0.3) is 5.69 Å². The number of guanidine groups is 1. The van der Waals surface area contributed by atoms with Crippen molar-refractivity contribution in [3.63, 3.8) is 0 Å². The van der Waals surface area contributed by atoms with Crippen molar-refractivity contribution in [3.8, 4) is 11.4 Å². The highest BCUT2D eigenvalue weighted by atomic mass is 127. The fraction of sp³-hybridized carbons (Fsp3) is 0.261. The molecule has 0 radical (unpaired) electrons. The number of nitrogens with zero attached hydrogens (tertiary/aromatic N) is 3. The molecule has 0 unspecified atom stereocenters. The van der Waals surface area contributed by atoms with Gasteiger partial charge < -0.3 is 20.7 Å². The first-order chi connectivity index (χ1) is 15.2. The van der Waals surface area contributed by atoms with Crippen LogP contribution in [0.2, 0.25) is 0 Å². The van der Waals surface area contributed by atoms with E-state index in [0.29, 0.717) is 24.6 Å². The molecular formula is C23H29IN6O2. The van der Waals surface area contributed by atoms with Crippen LogP contribution in [0.15, 0.2) is 72.0 Å². The first-order valence-electron chi connectivity index (χ1n) is 10.2. The fourth-order valence-corrected chi connectivity index (χ4v) is 2.98. The van der Waals surface area contributed by atoms with Crippen LogP contribution in [0.3, 0.4) is 0 Å². The number of aliphatic imine (C=N–C) groups is 1. The summed E-state index contributed by atoms with van der Waals surface area (Å²) in [6.07, 6.45) is 4.56. The molecule has 3 N–H and O–H groups in total. The van der Waals surface area contributed by atoms with E-state index >= 15 is 0 Å². The van der Waals surface area contributed by atoms with Crippen LogP contribution >= 0.6 is 24.0 Å². The molecule has 0 bridgehead atoms. The Labute approximate surface area is 205 Å². The number of halogens is 1. The first kappa shape index (κ1) is 25.2. The Morgan fingerprint density at radius 2 is 1.69 bits per heavy atom. The summed E-state index contributed by atoms with van der Waals surface area (Å²) in [7, 11) is 3.32. The van der Waals surface area contributed by atoms with Gasteiger partial charge in [-0.2, -0.15) is 5.10 Å². The van der Waals surface area contributed by atoms with Crippen LogP contribution in [0.5, 0.6) is 5.75 Å². The van der Waals surface area contributed by atoms with Gasteiger partial charge in [-0.15, -0.1) is 24.0 Å². The monoisotopic (exact) mass is 548 g/mol. The minimum Gasteiger partial charge on any atom is -0.497 e. The molecule has 1 aromatic heterocycles. The number of hydrogen-bond acceptors (Lipinski definition) is 4. The second-order valence-corrected chi connectivity index (χ2v) is 6.78. The van der Waals surface area contributed by atoms with Crippen molar-refractivity contribution in [3.05, 3.63) is 78.1 Å². The lowest BCUT2D eigenvalue weighted by Crippen LogP contribution is -2.42. The van der Waals surface area contributed by atoms with Crippen molar-refractivity contribution in [2.24, 2.45) is 4.99 Å². The molecule has 3 aromatic rings. The molecule has 0 aliphatic carbocycles.